The molecule has 1 aromatic rings. The number of benzene rings is 1. The summed E-state index contributed by atoms with van der Waals surface area (Å²) in [6.45, 7) is 0.593. The van der Waals surface area contributed by atoms with Crippen molar-refractivity contribution in [3.63, 3.8) is 0 Å². The zero-order chi connectivity index (χ0) is 25.9. The van der Waals surface area contributed by atoms with E-state index in [1.807, 2.05) is 0 Å². The van der Waals surface area contributed by atoms with E-state index in [2.05, 4.69) is 8.92 Å². The van der Waals surface area contributed by atoms with Gasteiger partial charge < -0.3 is 18.4 Å². The van der Waals surface area contributed by atoms with E-state index in [1.54, 1.807) is 0 Å². The lowest BCUT2D eigenvalue weighted by Crippen LogP contribution is -2.61. The number of methoxy groups -OCH3 is 1. The maximum atomic E-state index is 13.8. The largest absolute Gasteiger partial charge is 0.460 e. The summed E-state index contributed by atoms with van der Waals surface area (Å²) in [5.74, 6) is -9.21. The summed E-state index contributed by atoms with van der Waals surface area (Å²) in [6.07, 6.45) is 0. The fourth-order valence-corrected chi connectivity index (χ4v) is 3.43. The summed E-state index contributed by atoms with van der Waals surface area (Å²) in [7, 11) is -12.8. The predicted molar refractivity (Wildman–Crippen MR) is 95.2 cm³/mol. The molecule has 0 heterocycles. The molecule has 0 aromatic heterocycles. The number of aryl methyl sites for hydroxylation is 1. The molecule has 0 bridgehead atoms. The first kappa shape index (κ1) is 28.9. The quantitative estimate of drug-likeness (QED) is 0.106. The van der Waals surface area contributed by atoms with E-state index in [9.17, 15) is 48.0 Å². The van der Waals surface area contributed by atoms with E-state index >= 15 is 0 Å². The normalized spacial score (nSPS) is 13.6. The Morgan fingerprint density at radius 1 is 1.00 bits per heavy atom. The lowest BCUT2D eigenvalue weighted by Gasteiger charge is -2.29. The van der Waals surface area contributed by atoms with Gasteiger partial charge in [0.15, 0.2) is 0 Å². The van der Waals surface area contributed by atoms with Crippen LogP contribution in [0.15, 0.2) is 18.2 Å². The second kappa shape index (κ2) is 10.00. The van der Waals surface area contributed by atoms with Gasteiger partial charge in [0.2, 0.25) is 0 Å². The lowest BCUT2D eigenvalue weighted by molar-refractivity contribution is -0.247. The van der Waals surface area contributed by atoms with Crippen molar-refractivity contribution in [2.45, 2.75) is 23.4 Å². The Hall–Kier alpha value is -2.15. The zero-order valence-corrected chi connectivity index (χ0v) is 18.2. The number of rotatable bonds is 12. The van der Waals surface area contributed by atoms with Crippen molar-refractivity contribution >= 4 is 26.2 Å². The van der Waals surface area contributed by atoms with Crippen LogP contribution in [0.5, 0.6) is 5.75 Å². The molecular weight excluding hydrogens is 518 g/mol. The van der Waals surface area contributed by atoms with Gasteiger partial charge in [0.05, 0.1) is 12.2 Å². The minimum absolute atomic E-state index is 0.0600. The van der Waals surface area contributed by atoms with Gasteiger partial charge in [0, 0.05) is 7.11 Å². The topological polar surface area (TPSA) is 142 Å². The second-order valence-electron chi connectivity index (χ2n) is 6.05. The SMILES string of the molecule is COCOCCOC(=O)c1ccc(OS(=O)(=O)C(F)(F)C(F)(F)C(F)(F)S(=O)(=O)O)c(C)c1. The van der Waals surface area contributed by atoms with E-state index in [0.29, 0.717) is 6.07 Å². The first-order valence-corrected chi connectivity index (χ1v) is 11.1. The smallest absolute Gasteiger partial charge is 0.450 e. The maximum absolute atomic E-state index is 13.8. The van der Waals surface area contributed by atoms with Gasteiger partial charge in [-0.2, -0.15) is 43.2 Å². The molecular formula is C15H16F6O10S2. The van der Waals surface area contributed by atoms with Crippen LogP contribution in [0.1, 0.15) is 15.9 Å². The summed E-state index contributed by atoms with van der Waals surface area (Å²) in [5.41, 5.74) is -0.677. The summed E-state index contributed by atoms with van der Waals surface area (Å²) in [5, 5.41) is -13.7. The van der Waals surface area contributed by atoms with Gasteiger partial charge in [-0.25, -0.2) is 4.79 Å². The number of ether oxygens (including phenoxy) is 3. The van der Waals surface area contributed by atoms with Crippen LogP contribution < -0.4 is 4.18 Å². The Morgan fingerprint density at radius 2 is 1.58 bits per heavy atom. The number of alkyl halides is 6. The van der Waals surface area contributed by atoms with Gasteiger partial charge in [-0.05, 0) is 30.7 Å². The van der Waals surface area contributed by atoms with Gasteiger partial charge in [-0.15, -0.1) is 0 Å². The van der Waals surface area contributed by atoms with Gasteiger partial charge in [0.25, 0.3) is 0 Å². The lowest BCUT2D eigenvalue weighted by atomic mass is 10.1. The molecule has 1 aromatic carbocycles. The van der Waals surface area contributed by atoms with Crippen LogP contribution in [-0.2, 0) is 34.4 Å². The summed E-state index contributed by atoms with van der Waals surface area (Å²) >= 11 is 0. The molecule has 0 amide bonds. The standard InChI is InChI=1S/C15H16F6O10S2/c1-9-7-10(12(22)30-6-5-29-8-28-2)3-4-11(9)31-33(26,27)15(20,21)13(16,17)14(18,19)32(23,24)25/h3-4,7H,5-6,8H2,1-2H3,(H,23,24,25). The molecule has 0 aliphatic heterocycles. The van der Waals surface area contributed by atoms with Crippen LogP contribution in [-0.4, -0.2) is 70.9 Å². The molecule has 0 aliphatic carbocycles. The van der Waals surface area contributed by atoms with Crippen molar-refractivity contribution in [1.29, 1.82) is 0 Å². The Kier molecular flexibility index (Phi) is 8.75. The van der Waals surface area contributed by atoms with E-state index in [0.717, 1.165) is 19.1 Å². The summed E-state index contributed by atoms with van der Waals surface area (Å²) < 4.78 is 152. The van der Waals surface area contributed by atoms with Gasteiger partial charge in [-0.1, -0.05) is 0 Å². The third kappa shape index (κ3) is 5.86. The van der Waals surface area contributed by atoms with E-state index in [1.165, 1.54) is 7.11 Å². The molecule has 1 N–H and O–H groups in total. The molecule has 0 saturated carbocycles. The Labute approximate surface area is 183 Å². The molecule has 0 radical (unpaired) electrons. The fourth-order valence-electron chi connectivity index (χ4n) is 1.95. The fraction of sp³-hybridized carbons (Fsp3) is 0.533. The zero-order valence-electron chi connectivity index (χ0n) is 16.6. The Balaban J connectivity index is 3.12. The van der Waals surface area contributed by atoms with Crippen LogP contribution in [0.4, 0.5) is 26.3 Å². The summed E-state index contributed by atoms with van der Waals surface area (Å²) in [6, 6.07) is 2.17. The van der Waals surface area contributed by atoms with Crippen molar-refractivity contribution in [3.8, 4) is 5.75 Å². The third-order valence-electron chi connectivity index (χ3n) is 3.64. The van der Waals surface area contributed by atoms with Crippen LogP contribution >= 0.6 is 0 Å². The van der Waals surface area contributed by atoms with Crippen LogP contribution in [0, 0.1) is 6.92 Å². The Morgan fingerprint density at radius 3 is 2.06 bits per heavy atom. The molecule has 18 heteroatoms. The third-order valence-corrected chi connectivity index (χ3v) is 5.83. The highest BCUT2D eigenvalue weighted by Crippen LogP contribution is 2.51. The molecule has 190 valence electrons. The van der Waals surface area contributed by atoms with E-state index < -0.39 is 54.0 Å². The number of hydrogen-bond acceptors (Lipinski definition) is 9. The molecule has 33 heavy (non-hydrogen) atoms. The van der Waals surface area contributed by atoms with Crippen molar-refractivity contribution < 1.29 is 70.9 Å². The monoisotopic (exact) mass is 534 g/mol. The highest BCUT2D eigenvalue weighted by Gasteiger charge is 2.83. The van der Waals surface area contributed by atoms with E-state index in [-0.39, 0.29) is 25.6 Å². The van der Waals surface area contributed by atoms with Gasteiger partial charge in [-0.3, -0.25) is 4.55 Å². The minimum atomic E-state index is -7.16. The molecule has 0 spiro atoms. The highest BCUT2D eigenvalue weighted by molar-refractivity contribution is 7.88. The van der Waals surface area contributed by atoms with Gasteiger partial charge in [0.1, 0.15) is 19.1 Å². The first-order valence-electron chi connectivity index (χ1n) is 8.22. The number of halogens is 6. The second-order valence-corrected chi connectivity index (χ2v) is 9.10. The average molecular weight is 534 g/mol. The molecule has 0 saturated heterocycles. The predicted octanol–water partition coefficient (Wildman–Crippen LogP) is 2.19. The van der Waals surface area contributed by atoms with Crippen LogP contribution in [0.2, 0.25) is 0 Å². The van der Waals surface area contributed by atoms with Crippen molar-refractivity contribution in [2.24, 2.45) is 0 Å². The molecule has 1 rings (SSSR count). The Bertz CT molecular complexity index is 1070. The number of carbonyl (C=O) groups is 1. The first-order chi connectivity index (χ1) is 14.8. The molecule has 0 aliphatic rings. The van der Waals surface area contributed by atoms with Crippen molar-refractivity contribution in [1.82, 2.24) is 0 Å². The molecule has 0 unspecified atom stereocenters. The average Bonchev–Trinajstić information content (AvgIpc) is 2.67. The van der Waals surface area contributed by atoms with E-state index in [4.69, 9.17) is 14.0 Å². The summed E-state index contributed by atoms with van der Waals surface area (Å²) in [4.78, 5) is 11.9. The highest BCUT2D eigenvalue weighted by atomic mass is 32.2. The van der Waals surface area contributed by atoms with Crippen LogP contribution in [0.3, 0.4) is 0 Å². The minimum Gasteiger partial charge on any atom is -0.460 e. The number of hydrogen-bond donors (Lipinski definition) is 1. The molecule has 10 nitrogen and oxygen atoms in total. The molecule has 0 atom stereocenters. The number of esters is 1. The maximum Gasteiger partial charge on any atom is 0.450 e. The van der Waals surface area contributed by atoms with Crippen molar-refractivity contribution in [3.05, 3.63) is 29.3 Å². The molecule has 0 fully saturated rings. The van der Waals surface area contributed by atoms with Gasteiger partial charge >= 0.3 is 42.6 Å². The number of carbonyl (C=O) groups excluding carboxylic acids is 1. The van der Waals surface area contributed by atoms with Crippen molar-refractivity contribution in [2.75, 3.05) is 27.1 Å². The van der Waals surface area contributed by atoms with Crippen LogP contribution in [0.25, 0.3) is 0 Å².